The maximum atomic E-state index is 11.6. The van der Waals surface area contributed by atoms with Crippen molar-refractivity contribution >= 4 is 23.9 Å². The van der Waals surface area contributed by atoms with Gasteiger partial charge >= 0.3 is 23.9 Å². The van der Waals surface area contributed by atoms with E-state index in [0.717, 1.165) is 0 Å². The number of nitrogens with zero attached hydrogens (tertiary/aromatic N) is 4. The Morgan fingerprint density at radius 3 is 1.34 bits per heavy atom. The highest BCUT2D eigenvalue weighted by atomic mass is 16.4. The van der Waals surface area contributed by atoms with Crippen LogP contribution >= 0.6 is 0 Å². The second-order valence-corrected chi connectivity index (χ2v) is 9.75. The van der Waals surface area contributed by atoms with Crippen LogP contribution in [0, 0.1) is 5.41 Å². The van der Waals surface area contributed by atoms with Gasteiger partial charge in [-0.15, -0.1) is 0 Å². The molecule has 0 aromatic rings. The predicted octanol–water partition coefficient (Wildman–Crippen LogP) is 0.377. The van der Waals surface area contributed by atoms with E-state index in [9.17, 15) is 39.6 Å². The van der Waals surface area contributed by atoms with E-state index in [4.69, 9.17) is 0 Å². The SMILES string of the molecule is CC.CC(C)(C)CC1CN(CC(=O)O)CCN(CC(=O)O)CCN(CC(=O)O)CCN1CC(=O)O. The van der Waals surface area contributed by atoms with Crippen molar-refractivity contribution < 1.29 is 39.6 Å². The van der Waals surface area contributed by atoms with Crippen LogP contribution in [0.25, 0.3) is 0 Å². The van der Waals surface area contributed by atoms with Gasteiger partial charge in [-0.1, -0.05) is 34.6 Å². The van der Waals surface area contributed by atoms with Gasteiger partial charge in [-0.25, -0.2) is 0 Å². The second-order valence-electron chi connectivity index (χ2n) is 9.75. The molecule has 1 aliphatic heterocycles. The fourth-order valence-electron chi connectivity index (χ4n) is 4.06. The van der Waals surface area contributed by atoms with Crippen molar-refractivity contribution in [2.45, 2.75) is 47.1 Å². The van der Waals surface area contributed by atoms with Crippen LogP contribution in [0.4, 0.5) is 0 Å². The first-order chi connectivity index (χ1) is 16.2. The molecule has 1 aliphatic rings. The summed E-state index contributed by atoms with van der Waals surface area (Å²) in [6.45, 7) is 11.2. The maximum Gasteiger partial charge on any atom is 0.317 e. The van der Waals surface area contributed by atoms with Crippen molar-refractivity contribution in [3.8, 4) is 0 Å². The van der Waals surface area contributed by atoms with E-state index in [0.29, 0.717) is 52.2 Å². The third kappa shape index (κ3) is 16.1. The Kier molecular flexibility index (Phi) is 15.3. The van der Waals surface area contributed by atoms with Crippen LogP contribution in [-0.4, -0.2) is 142 Å². The molecule has 0 aromatic heterocycles. The molecule has 12 nitrogen and oxygen atoms in total. The van der Waals surface area contributed by atoms with E-state index < -0.39 is 23.9 Å². The molecule has 1 fully saturated rings. The third-order valence-corrected chi connectivity index (χ3v) is 5.42. The van der Waals surface area contributed by atoms with Crippen LogP contribution in [0.5, 0.6) is 0 Å². The van der Waals surface area contributed by atoms with E-state index in [-0.39, 0.29) is 37.6 Å². The molecule has 35 heavy (non-hydrogen) atoms. The van der Waals surface area contributed by atoms with E-state index in [1.165, 1.54) is 0 Å². The molecule has 1 rings (SSSR count). The average molecular weight is 505 g/mol. The molecule has 12 heteroatoms. The van der Waals surface area contributed by atoms with Gasteiger partial charge in [0, 0.05) is 51.9 Å². The summed E-state index contributed by atoms with van der Waals surface area (Å²) in [5, 5.41) is 37.4. The van der Waals surface area contributed by atoms with E-state index in [1.807, 2.05) is 34.6 Å². The molecular formula is C23H44N4O8. The summed E-state index contributed by atoms with van der Waals surface area (Å²) in [6.07, 6.45) is 0.605. The first-order valence-corrected chi connectivity index (χ1v) is 12.0. The zero-order valence-corrected chi connectivity index (χ0v) is 21.8. The fourth-order valence-corrected chi connectivity index (χ4v) is 4.06. The van der Waals surface area contributed by atoms with Gasteiger partial charge < -0.3 is 20.4 Å². The van der Waals surface area contributed by atoms with Crippen molar-refractivity contribution in [1.29, 1.82) is 0 Å². The predicted molar refractivity (Wildman–Crippen MR) is 131 cm³/mol. The molecule has 1 atom stereocenters. The Hall–Kier alpha value is -2.28. The van der Waals surface area contributed by atoms with Gasteiger partial charge in [-0.05, 0) is 11.8 Å². The Bertz CT molecular complexity index is 683. The van der Waals surface area contributed by atoms with Crippen molar-refractivity contribution in [1.82, 2.24) is 19.6 Å². The quantitative estimate of drug-likeness (QED) is 0.342. The first-order valence-electron chi connectivity index (χ1n) is 12.0. The van der Waals surface area contributed by atoms with Crippen molar-refractivity contribution in [2.75, 3.05) is 72.0 Å². The Morgan fingerprint density at radius 2 is 0.971 bits per heavy atom. The highest BCUT2D eigenvalue weighted by Crippen LogP contribution is 2.24. The molecule has 1 saturated heterocycles. The van der Waals surface area contributed by atoms with Crippen LogP contribution in [0.2, 0.25) is 0 Å². The summed E-state index contributed by atoms with van der Waals surface area (Å²) in [4.78, 5) is 52.6. The normalized spacial score (nSPS) is 20.1. The number of hydrogen-bond donors (Lipinski definition) is 4. The molecule has 0 spiro atoms. The minimum Gasteiger partial charge on any atom is -0.480 e. The second kappa shape index (κ2) is 16.4. The molecule has 0 bridgehead atoms. The molecule has 0 radical (unpaired) electrons. The summed E-state index contributed by atoms with van der Waals surface area (Å²) in [6, 6.07) is -0.278. The number of carbonyl (C=O) groups is 4. The van der Waals surface area contributed by atoms with Gasteiger partial charge in [0.2, 0.25) is 0 Å². The molecule has 4 N–H and O–H groups in total. The lowest BCUT2D eigenvalue weighted by Crippen LogP contribution is -2.53. The van der Waals surface area contributed by atoms with Crippen molar-refractivity contribution in [2.24, 2.45) is 5.41 Å². The lowest BCUT2D eigenvalue weighted by atomic mass is 9.87. The van der Waals surface area contributed by atoms with Gasteiger partial charge in [0.1, 0.15) is 0 Å². The van der Waals surface area contributed by atoms with Gasteiger partial charge in [0.15, 0.2) is 0 Å². The standard InChI is InChI=1S/C21H38N4O8.C2H6/c1-21(2,3)10-16-11-24(14-19(30)31)7-6-22(12-17(26)27)4-5-23(13-18(28)29)8-9-25(16)15-20(32)33;1-2/h16H,4-15H2,1-3H3,(H,26,27)(H,28,29)(H,30,31)(H,32,33);1-2H3. The molecule has 0 saturated carbocycles. The molecule has 0 aliphatic carbocycles. The molecule has 1 heterocycles. The molecule has 1 unspecified atom stereocenters. The monoisotopic (exact) mass is 504 g/mol. The van der Waals surface area contributed by atoms with Gasteiger partial charge in [-0.2, -0.15) is 0 Å². The Labute approximate surface area is 208 Å². The largest absolute Gasteiger partial charge is 0.480 e. The highest BCUT2D eigenvalue weighted by molar-refractivity contribution is 5.70. The molecule has 0 amide bonds. The number of aliphatic carboxylic acids is 4. The summed E-state index contributed by atoms with van der Waals surface area (Å²) >= 11 is 0. The van der Waals surface area contributed by atoms with Gasteiger partial charge in [-0.3, -0.25) is 38.8 Å². The Morgan fingerprint density at radius 1 is 0.629 bits per heavy atom. The topological polar surface area (TPSA) is 162 Å². The van der Waals surface area contributed by atoms with E-state index >= 15 is 0 Å². The summed E-state index contributed by atoms with van der Waals surface area (Å²) in [5.74, 6) is -4.06. The maximum absolute atomic E-state index is 11.6. The summed E-state index contributed by atoms with van der Waals surface area (Å²) in [5.41, 5.74) is -0.163. The number of carboxylic acids is 4. The average Bonchev–Trinajstić information content (AvgIpc) is 2.70. The lowest BCUT2D eigenvalue weighted by Gasteiger charge is -2.39. The summed E-state index contributed by atoms with van der Waals surface area (Å²) in [7, 11) is 0. The minimum absolute atomic E-state index is 0.163. The van der Waals surface area contributed by atoms with Crippen LogP contribution in [0.1, 0.15) is 41.0 Å². The van der Waals surface area contributed by atoms with E-state index in [1.54, 1.807) is 19.6 Å². The molecule has 204 valence electrons. The third-order valence-electron chi connectivity index (χ3n) is 5.42. The van der Waals surface area contributed by atoms with E-state index in [2.05, 4.69) is 0 Å². The number of rotatable bonds is 9. The van der Waals surface area contributed by atoms with Gasteiger partial charge in [0.05, 0.1) is 26.2 Å². The highest BCUT2D eigenvalue weighted by Gasteiger charge is 2.30. The number of hydrogen-bond acceptors (Lipinski definition) is 8. The van der Waals surface area contributed by atoms with Crippen LogP contribution < -0.4 is 0 Å². The minimum atomic E-state index is -1.02. The van der Waals surface area contributed by atoms with Gasteiger partial charge in [0.25, 0.3) is 0 Å². The lowest BCUT2D eigenvalue weighted by molar-refractivity contribution is -0.142. The molecule has 0 aromatic carbocycles. The van der Waals surface area contributed by atoms with Crippen LogP contribution in [0.15, 0.2) is 0 Å². The molecular weight excluding hydrogens is 460 g/mol. The van der Waals surface area contributed by atoms with Crippen molar-refractivity contribution in [3.05, 3.63) is 0 Å². The zero-order valence-electron chi connectivity index (χ0n) is 21.8. The van der Waals surface area contributed by atoms with Crippen LogP contribution in [0.3, 0.4) is 0 Å². The summed E-state index contributed by atoms with van der Waals surface area (Å²) < 4.78 is 0. The smallest absolute Gasteiger partial charge is 0.317 e. The zero-order chi connectivity index (χ0) is 27.2. The fraction of sp³-hybridized carbons (Fsp3) is 0.826. The Balaban J connectivity index is 0.00000562. The number of carboxylic acid groups (broad SMARTS) is 4. The first kappa shape index (κ1) is 32.7. The van der Waals surface area contributed by atoms with Crippen molar-refractivity contribution in [3.63, 3.8) is 0 Å². The van der Waals surface area contributed by atoms with Crippen LogP contribution in [-0.2, 0) is 19.2 Å².